The predicted octanol–water partition coefficient (Wildman–Crippen LogP) is 2.95. The van der Waals surface area contributed by atoms with Crippen molar-refractivity contribution in [3.05, 3.63) is 47.1 Å². The van der Waals surface area contributed by atoms with Gasteiger partial charge in [0.1, 0.15) is 6.04 Å². The molecule has 24 heavy (non-hydrogen) atoms. The van der Waals surface area contributed by atoms with Gasteiger partial charge in [-0.2, -0.15) is 4.98 Å². The first-order valence-electron chi connectivity index (χ1n) is 8.02. The van der Waals surface area contributed by atoms with Crippen molar-refractivity contribution in [2.45, 2.75) is 45.2 Å². The fourth-order valence-corrected chi connectivity index (χ4v) is 2.41. The second kappa shape index (κ2) is 7.77. The molecule has 130 valence electrons. The van der Waals surface area contributed by atoms with Gasteiger partial charge in [-0.05, 0) is 36.5 Å². The van der Waals surface area contributed by atoms with E-state index in [9.17, 15) is 4.79 Å². The monoisotopic (exact) mass is 350 g/mol. The van der Waals surface area contributed by atoms with Gasteiger partial charge in [0.05, 0.1) is 0 Å². The zero-order valence-corrected chi connectivity index (χ0v) is 14.7. The van der Waals surface area contributed by atoms with Crippen LogP contribution in [0.3, 0.4) is 0 Å². The number of aromatic nitrogens is 2. The highest BCUT2D eigenvalue weighted by molar-refractivity contribution is 5.94. The minimum absolute atomic E-state index is 0. The maximum absolute atomic E-state index is 12.5. The lowest BCUT2D eigenvalue weighted by Crippen LogP contribution is -2.32. The first kappa shape index (κ1) is 18.4. The van der Waals surface area contributed by atoms with Crippen LogP contribution in [0.15, 0.2) is 28.8 Å². The number of carbonyl (C=O) groups is 1. The van der Waals surface area contributed by atoms with Crippen molar-refractivity contribution in [2.24, 2.45) is 11.7 Å². The number of benzene rings is 1. The van der Waals surface area contributed by atoms with Gasteiger partial charge in [-0.3, -0.25) is 4.79 Å². The lowest BCUT2D eigenvalue weighted by atomic mass is 10.0. The van der Waals surface area contributed by atoms with Crippen molar-refractivity contribution < 1.29 is 9.32 Å². The van der Waals surface area contributed by atoms with E-state index in [0.717, 1.165) is 24.2 Å². The fraction of sp³-hybridized carbons (Fsp3) is 0.471. The SMILES string of the molecule is CC(C)C(NC(=O)c1ccc(CN)cc1)c1nc(C2CC2)no1.Cl. The smallest absolute Gasteiger partial charge is 0.251 e. The van der Waals surface area contributed by atoms with Crippen LogP contribution in [0.1, 0.15) is 66.3 Å². The van der Waals surface area contributed by atoms with Gasteiger partial charge < -0.3 is 15.6 Å². The molecule has 0 saturated heterocycles. The zero-order valence-electron chi connectivity index (χ0n) is 13.9. The van der Waals surface area contributed by atoms with Gasteiger partial charge in [0, 0.05) is 18.0 Å². The average Bonchev–Trinajstić information content (AvgIpc) is 3.30. The maximum Gasteiger partial charge on any atom is 0.251 e. The van der Waals surface area contributed by atoms with E-state index in [1.807, 2.05) is 26.0 Å². The number of amides is 1. The Kier molecular flexibility index (Phi) is 5.96. The van der Waals surface area contributed by atoms with E-state index in [-0.39, 0.29) is 30.3 Å². The second-order valence-corrected chi connectivity index (χ2v) is 6.36. The number of hydrogen-bond acceptors (Lipinski definition) is 5. The van der Waals surface area contributed by atoms with Crippen molar-refractivity contribution in [3.8, 4) is 0 Å². The number of nitrogens with one attached hydrogen (secondary N) is 1. The molecule has 1 aromatic carbocycles. The normalized spacial score (nSPS) is 15.0. The number of nitrogens with zero attached hydrogens (tertiary/aromatic N) is 2. The molecule has 1 heterocycles. The first-order valence-corrected chi connectivity index (χ1v) is 8.02. The van der Waals surface area contributed by atoms with Crippen LogP contribution in [0.2, 0.25) is 0 Å². The second-order valence-electron chi connectivity index (χ2n) is 6.36. The summed E-state index contributed by atoms with van der Waals surface area (Å²) in [5.74, 6) is 1.66. The van der Waals surface area contributed by atoms with Crippen LogP contribution in [0, 0.1) is 5.92 Å². The zero-order chi connectivity index (χ0) is 16.4. The van der Waals surface area contributed by atoms with Gasteiger partial charge in [0.25, 0.3) is 5.91 Å². The van der Waals surface area contributed by atoms with Crippen LogP contribution in [0.25, 0.3) is 0 Å². The summed E-state index contributed by atoms with van der Waals surface area (Å²) in [7, 11) is 0. The van der Waals surface area contributed by atoms with Crippen molar-refractivity contribution in [3.63, 3.8) is 0 Å². The summed E-state index contributed by atoms with van der Waals surface area (Å²) in [6.07, 6.45) is 2.23. The molecule has 0 radical (unpaired) electrons. The van der Waals surface area contributed by atoms with Crippen molar-refractivity contribution in [1.29, 1.82) is 0 Å². The van der Waals surface area contributed by atoms with Crippen LogP contribution in [0.4, 0.5) is 0 Å². The summed E-state index contributed by atoms with van der Waals surface area (Å²) in [5.41, 5.74) is 7.16. The summed E-state index contributed by atoms with van der Waals surface area (Å²) in [6, 6.07) is 6.97. The van der Waals surface area contributed by atoms with E-state index in [1.165, 1.54) is 0 Å². The number of rotatable bonds is 6. The number of carbonyl (C=O) groups excluding carboxylic acids is 1. The Morgan fingerprint density at radius 1 is 1.33 bits per heavy atom. The third kappa shape index (κ3) is 4.13. The van der Waals surface area contributed by atoms with Gasteiger partial charge in [-0.15, -0.1) is 12.4 Å². The predicted molar refractivity (Wildman–Crippen MR) is 92.9 cm³/mol. The summed E-state index contributed by atoms with van der Waals surface area (Å²) in [4.78, 5) is 16.9. The Labute approximate surface area is 147 Å². The molecular weight excluding hydrogens is 328 g/mol. The van der Waals surface area contributed by atoms with Crippen LogP contribution >= 0.6 is 12.4 Å². The van der Waals surface area contributed by atoms with Crippen molar-refractivity contribution in [2.75, 3.05) is 0 Å². The lowest BCUT2D eigenvalue weighted by molar-refractivity contribution is 0.0914. The van der Waals surface area contributed by atoms with Gasteiger partial charge in [0.2, 0.25) is 5.89 Å². The maximum atomic E-state index is 12.5. The molecule has 1 aromatic heterocycles. The standard InChI is InChI=1S/C17H22N4O2.ClH/c1-10(2)14(17-20-15(21-23-17)12-7-8-12)19-16(22)13-5-3-11(9-18)4-6-13;/h3-6,10,12,14H,7-9,18H2,1-2H3,(H,19,22);1H. The summed E-state index contributed by atoms with van der Waals surface area (Å²) in [5, 5.41) is 7.03. The molecule has 1 saturated carbocycles. The Bertz CT molecular complexity index is 680. The molecule has 1 aliphatic rings. The average molecular weight is 351 g/mol. The highest BCUT2D eigenvalue weighted by atomic mass is 35.5. The highest BCUT2D eigenvalue weighted by Crippen LogP contribution is 2.38. The van der Waals surface area contributed by atoms with Crippen molar-refractivity contribution >= 4 is 18.3 Å². The molecule has 0 bridgehead atoms. The Morgan fingerprint density at radius 3 is 2.54 bits per heavy atom. The molecule has 1 aliphatic carbocycles. The van der Waals surface area contributed by atoms with Crippen LogP contribution in [-0.2, 0) is 6.54 Å². The van der Waals surface area contributed by atoms with E-state index in [1.54, 1.807) is 12.1 Å². The topological polar surface area (TPSA) is 94.0 Å². The molecular formula is C17H23ClN4O2. The molecule has 0 aliphatic heterocycles. The lowest BCUT2D eigenvalue weighted by Gasteiger charge is -2.18. The van der Waals surface area contributed by atoms with E-state index < -0.39 is 0 Å². The minimum Gasteiger partial charge on any atom is -0.340 e. The van der Waals surface area contributed by atoms with Crippen LogP contribution < -0.4 is 11.1 Å². The Morgan fingerprint density at radius 2 is 2.00 bits per heavy atom. The molecule has 0 spiro atoms. The summed E-state index contributed by atoms with van der Waals surface area (Å²) in [6.45, 7) is 4.50. The van der Waals surface area contributed by atoms with E-state index in [0.29, 0.717) is 23.9 Å². The van der Waals surface area contributed by atoms with E-state index >= 15 is 0 Å². The fourth-order valence-electron chi connectivity index (χ4n) is 2.41. The van der Waals surface area contributed by atoms with Crippen LogP contribution in [-0.4, -0.2) is 16.0 Å². The third-order valence-corrected chi connectivity index (χ3v) is 4.07. The van der Waals surface area contributed by atoms with Crippen molar-refractivity contribution in [1.82, 2.24) is 15.5 Å². The molecule has 1 unspecified atom stereocenters. The number of nitrogens with two attached hydrogens (primary N) is 1. The van der Waals surface area contributed by atoms with Gasteiger partial charge in [0.15, 0.2) is 5.82 Å². The summed E-state index contributed by atoms with van der Waals surface area (Å²) >= 11 is 0. The molecule has 1 fully saturated rings. The molecule has 3 rings (SSSR count). The van der Waals surface area contributed by atoms with Gasteiger partial charge >= 0.3 is 0 Å². The van der Waals surface area contributed by atoms with E-state index in [4.69, 9.17) is 10.3 Å². The minimum atomic E-state index is -0.295. The quantitative estimate of drug-likeness (QED) is 0.835. The van der Waals surface area contributed by atoms with Gasteiger partial charge in [-0.25, -0.2) is 0 Å². The molecule has 7 heteroatoms. The number of hydrogen-bond donors (Lipinski definition) is 2. The number of halogens is 1. The highest BCUT2D eigenvalue weighted by Gasteiger charge is 2.31. The van der Waals surface area contributed by atoms with E-state index in [2.05, 4.69) is 15.5 Å². The molecule has 1 atom stereocenters. The third-order valence-electron chi connectivity index (χ3n) is 4.07. The summed E-state index contributed by atoms with van der Waals surface area (Å²) < 4.78 is 5.37. The molecule has 2 aromatic rings. The first-order chi connectivity index (χ1) is 11.1. The molecule has 1 amide bonds. The van der Waals surface area contributed by atoms with Gasteiger partial charge in [-0.1, -0.05) is 31.1 Å². The molecule has 3 N–H and O–H groups in total. The largest absolute Gasteiger partial charge is 0.340 e. The Balaban J connectivity index is 0.00000208. The Hall–Kier alpha value is -1.92. The molecule has 6 nitrogen and oxygen atoms in total. The van der Waals surface area contributed by atoms with Crippen LogP contribution in [0.5, 0.6) is 0 Å².